The predicted octanol–water partition coefficient (Wildman–Crippen LogP) is 3.47. The van der Waals surface area contributed by atoms with Gasteiger partial charge in [0.1, 0.15) is 0 Å². The highest BCUT2D eigenvalue weighted by molar-refractivity contribution is 5.56. The van der Waals surface area contributed by atoms with Crippen molar-refractivity contribution in [3.05, 3.63) is 24.2 Å². The monoisotopic (exact) mass is 451 g/mol. The maximum atomic E-state index is 12.3. The van der Waals surface area contributed by atoms with Crippen molar-refractivity contribution in [2.75, 3.05) is 29.9 Å². The van der Waals surface area contributed by atoms with E-state index in [0.717, 1.165) is 25.9 Å². The van der Waals surface area contributed by atoms with E-state index in [1.165, 1.54) is 0 Å². The molecule has 2 fully saturated rings. The fourth-order valence-electron chi connectivity index (χ4n) is 4.69. The number of rotatable bonds is 7. The summed E-state index contributed by atoms with van der Waals surface area (Å²) in [5.74, 6) is 2.24. The Morgan fingerprint density at radius 2 is 2.00 bits per heavy atom. The second-order valence-electron chi connectivity index (χ2n) is 8.42. The molecule has 2 aliphatic rings. The molecule has 1 aliphatic heterocycles. The number of halogens is 3. The van der Waals surface area contributed by atoms with Crippen LogP contribution in [0.4, 0.5) is 25.1 Å². The zero-order valence-corrected chi connectivity index (χ0v) is 17.5. The van der Waals surface area contributed by atoms with Crippen molar-refractivity contribution in [2.24, 2.45) is 11.8 Å². The van der Waals surface area contributed by atoms with E-state index >= 15 is 0 Å². The summed E-state index contributed by atoms with van der Waals surface area (Å²) in [5.41, 5.74) is 0.480. The minimum atomic E-state index is -4.18. The molecular formula is C20H24F3N7O2. The van der Waals surface area contributed by atoms with Crippen LogP contribution in [0.15, 0.2) is 22.7 Å². The van der Waals surface area contributed by atoms with E-state index in [-0.39, 0.29) is 19.1 Å². The summed E-state index contributed by atoms with van der Waals surface area (Å²) in [6.07, 6.45) is -1.24. The molecular weight excluding hydrogens is 427 g/mol. The third-order valence-corrected chi connectivity index (χ3v) is 6.10. The molecule has 0 radical (unpaired) electrons. The molecule has 32 heavy (non-hydrogen) atoms. The first-order valence-electron chi connectivity index (χ1n) is 10.7. The van der Waals surface area contributed by atoms with Crippen LogP contribution in [0.5, 0.6) is 5.75 Å². The van der Waals surface area contributed by atoms with E-state index < -0.39 is 12.6 Å². The molecule has 1 N–H and O–H groups in total. The smallest absolute Gasteiger partial charge is 0.389 e. The molecule has 5 rings (SSSR count). The van der Waals surface area contributed by atoms with Gasteiger partial charge in [0.15, 0.2) is 11.4 Å². The molecule has 3 aromatic heterocycles. The predicted molar refractivity (Wildman–Crippen MR) is 109 cm³/mol. The van der Waals surface area contributed by atoms with Gasteiger partial charge < -0.3 is 19.4 Å². The number of hydrogen-bond acceptors (Lipinski definition) is 8. The maximum Gasteiger partial charge on any atom is 0.389 e. The van der Waals surface area contributed by atoms with Crippen LogP contribution in [-0.4, -0.2) is 56.7 Å². The molecule has 1 aliphatic carbocycles. The highest BCUT2D eigenvalue weighted by atomic mass is 19.4. The summed E-state index contributed by atoms with van der Waals surface area (Å²) >= 11 is 0. The highest BCUT2D eigenvalue weighted by Crippen LogP contribution is 2.39. The summed E-state index contributed by atoms with van der Waals surface area (Å²) in [6.45, 7) is 3.38. The lowest BCUT2D eigenvalue weighted by atomic mass is 9.92. The number of anilines is 2. The standard InChI is InChI=1S/C20H24F3N7O2/c1-12-26-27-19(32-12)29-10-13-5-6-14(11-29)16(13)24-18-25-17-15(4-2-8-30(17)28-18)31-9-3-7-20(21,22)23/h2,4,8,13-14,16H,3,5-7,9-11H2,1H3,(H,24,28)/t13-,14?,16-/m0/s1. The van der Waals surface area contributed by atoms with Crippen LogP contribution in [0.25, 0.3) is 5.65 Å². The zero-order valence-electron chi connectivity index (χ0n) is 17.5. The van der Waals surface area contributed by atoms with Crippen LogP contribution >= 0.6 is 0 Å². The first kappa shape index (κ1) is 20.8. The fourth-order valence-corrected chi connectivity index (χ4v) is 4.69. The van der Waals surface area contributed by atoms with E-state index in [1.54, 1.807) is 29.8 Å². The number of pyridine rings is 1. The summed E-state index contributed by atoms with van der Waals surface area (Å²) < 4.78 is 49.8. The number of ether oxygens (including phenoxy) is 1. The Hall–Kier alpha value is -3.05. The molecule has 0 amide bonds. The summed E-state index contributed by atoms with van der Waals surface area (Å²) in [7, 11) is 0. The van der Waals surface area contributed by atoms with Crippen molar-refractivity contribution in [3.63, 3.8) is 0 Å². The molecule has 0 aromatic carbocycles. The normalized spacial score (nSPS) is 23.1. The lowest BCUT2D eigenvalue weighted by Crippen LogP contribution is -2.48. The van der Waals surface area contributed by atoms with Gasteiger partial charge in [-0.2, -0.15) is 18.2 Å². The molecule has 3 atom stereocenters. The van der Waals surface area contributed by atoms with Crippen LogP contribution in [0.3, 0.4) is 0 Å². The van der Waals surface area contributed by atoms with Crippen molar-refractivity contribution < 1.29 is 22.3 Å². The van der Waals surface area contributed by atoms with E-state index in [1.807, 2.05) is 0 Å². The van der Waals surface area contributed by atoms with Gasteiger partial charge >= 0.3 is 12.2 Å². The van der Waals surface area contributed by atoms with Gasteiger partial charge in [0.05, 0.1) is 6.61 Å². The molecule has 12 heteroatoms. The summed E-state index contributed by atoms with van der Waals surface area (Å²) in [4.78, 5) is 6.69. The number of piperidine rings is 1. The number of nitrogens with one attached hydrogen (secondary N) is 1. The van der Waals surface area contributed by atoms with Gasteiger partial charge in [-0.15, -0.1) is 10.2 Å². The number of hydrogen-bond donors (Lipinski definition) is 1. The van der Waals surface area contributed by atoms with Crippen LogP contribution in [0, 0.1) is 18.8 Å². The van der Waals surface area contributed by atoms with Gasteiger partial charge in [-0.1, -0.05) is 5.10 Å². The van der Waals surface area contributed by atoms with Crippen molar-refractivity contribution in [3.8, 4) is 5.75 Å². The zero-order chi connectivity index (χ0) is 22.3. The largest absolute Gasteiger partial charge is 0.490 e. The highest BCUT2D eigenvalue weighted by Gasteiger charge is 2.43. The molecule has 1 unspecified atom stereocenters. The van der Waals surface area contributed by atoms with Gasteiger partial charge in [-0.05, 0) is 43.2 Å². The first-order chi connectivity index (χ1) is 15.4. The van der Waals surface area contributed by atoms with Gasteiger partial charge in [0, 0.05) is 38.7 Å². The fraction of sp³-hybridized carbons (Fsp3) is 0.600. The van der Waals surface area contributed by atoms with Crippen molar-refractivity contribution in [2.45, 2.75) is 44.8 Å². The SMILES string of the molecule is Cc1nnc(N2CC3CC[C@@H](C2)[C@@H]3Nc2nc3c(OCCCC(F)(F)F)cccn3n2)o1. The second-order valence-corrected chi connectivity index (χ2v) is 8.42. The third-order valence-electron chi connectivity index (χ3n) is 6.10. The lowest BCUT2D eigenvalue weighted by Gasteiger charge is -2.37. The molecule has 1 saturated carbocycles. The Labute approximate surface area is 182 Å². The molecule has 2 bridgehead atoms. The van der Waals surface area contributed by atoms with Crippen LogP contribution in [0.1, 0.15) is 31.6 Å². The lowest BCUT2D eigenvalue weighted by molar-refractivity contribution is -0.136. The van der Waals surface area contributed by atoms with Gasteiger partial charge in [0.2, 0.25) is 11.8 Å². The average Bonchev–Trinajstić information content (AvgIpc) is 3.41. The van der Waals surface area contributed by atoms with Crippen molar-refractivity contribution in [1.82, 2.24) is 24.8 Å². The molecule has 4 heterocycles. The van der Waals surface area contributed by atoms with Gasteiger partial charge in [-0.25, -0.2) is 4.52 Å². The molecule has 0 spiro atoms. The Balaban J connectivity index is 1.25. The van der Waals surface area contributed by atoms with Gasteiger partial charge in [-0.3, -0.25) is 0 Å². The van der Waals surface area contributed by atoms with Crippen molar-refractivity contribution >= 4 is 17.6 Å². The number of fused-ring (bicyclic) bond motifs is 3. The Kier molecular flexibility index (Phi) is 5.30. The Morgan fingerprint density at radius 1 is 1.22 bits per heavy atom. The molecule has 3 aromatic rings. The number of aryl methyl sites for hydroxylation is 1. The van der Waals surface area contributed by atoms with Gasteiger partial charge in [0.25, 0.3) is 0 Å². The minimum absolute atomic E-state index is 0.0352. The topological polar surface area (TPSA) is 93.6 Å². The average molecular weight is 451 g/mol. The number of nitrogens with zero attached hydrogens (tertiary/aromatic N) is 6. The van der Waals surface area contributed by atoms with E-state index in [9.17, 15) is 13.2 Å². The maximum absolute atomic E-state index is 12.3. The first-order valence-corrected chi connectivity index (χ1v) is 10.7. The Bertz CT molecular complexity index is 1070. The molecule has 1 saturated heterocycles. The second kappa shape index (κ2) is 8.14. The third kappa shape index (κ3) is 4.30. The van der Waals surface area contributed by atoms with E-state index in [4.69, 9.17) is 9.15 Å². The number of aromatic nitrogens is 5. The molecule has 9 nitrogen and oxygen atoms in total. The molecule has 172 valence electrons. The van der Waals surface area contributed by atoms with E-state index in [0.29, 0.717) is 41.1 Å². The summed E-state index contributed by atoms with van der Waals surface area (Å²) in [6, 6.07) is 4.22. The number of alkyl halides is 3. The minimum Gasteiger partial charge on any atom is -0.490 e. The quantitative estimate of drug-likeness (QED) is 0.546. The van der Waals surface area contributed by atoms with Crippen LogP contribution < -0.4 is 15.0 Å². The van der Waals surface area contributed by atoms with Crippen molar-refractivity contribution in [1.29, 1.82) is 0 Å². The summed E-state index contributed by atoms with van der Waals surface area (Å²) in [5, 5.41) is 16.0. The van der Waals surface area contributed by atoms with E-state index in [2.05, 4.69) is 30.5 Å². The van der Waals surface area contributed by atoms with Crippen LogP contribution in [0.2, 0.25) is 0 Å². The van der Waals surface area contributed by atoms with Crippen LogP contribution in [-0.2, 0) is 0 Å². The Morgan fingerprint density at radius 3 is 2.69 bits per heavy atom.